The van der Waals surface area contributed by atoms with Gasteiger partial charge in [-0.1, -0.05) is 18.9 Å². The number of carbonyl (C=O) groups is 2. The number of benzene rings is 1. The highest BCUT2D eigenvalue weighted by atomic mass is 16.5. The zero-order valence-electron chi connectivity index (χ0n) is 12.9. The lowest BCUT2D eigenvalue weighted by Crippen LogP contribution is -2.43. The molecule has 5 heteroatoms. The summed E-state index contributed by atoms with van der Waals surface area (Å²) in [6.45, 7) is 0. The minimum atomic E-state index is -0.869. The van der Waals surface area contributed by atoms with Crippen molar-refractivity contribution in [3.63, 3.8) is 0 Å². The third-order valence-electron chi connectivity index (χ3n) is 4.64. The van der Waals surface area contributed by atoms with Crippen LogP contribution in [0.4, 0.5) is 5.69 Å². The van der Waals surface area contributed by atoms with Crippen LogP contribution in [-0.2, 0) is 9.59 Å². The highest BCUT2D eigenvalue weighted by molar-refractivity contribution is 6.13. The van der Waals surface area contributed by atoms with Crippen LogP contribution >= 0.6 is 0 Å². The predicted molar refractivity (Wildman–Crippen MR) is 83.7 cm³/mol. The molecule has 2 saturated carbocycles. The molecule has 0 bridgehead atoms. The van der Waals surface area contributed by atoms with Gasteiger partial charge in [0.05, 0.1) is 7.11 Å². The molecule has 2 amide bonds. The molecule has 2 aliphatic rings. The van der Waals surface area contributed by atoms with Crippen molar-refractivity contribution >= 4 is 17.5 Å². The van der Waals surface area contributed by atoms with E-state index in [1.165, 1.54) is 0 Å². The van der Waals surface area contributed by atoms with Crippen molar-refractivity contribution in [2.24, 2.45) is 5.41 Å². The van der Waals surface area contributed by atoms with Gasteiger partial charge in [-0.3, -0.25) is 9.59 Å². The van der Waals surface area contributed by atoms with Crippen molar-refractivity contribution in [3.8, 4) is 5.75 Å². The quantitative estimate of drug-likeness (QED) is 0.821. The largest absolute Gasteiger partial charge is 0.497 e. The molecule has 1 aromatic rings. The lowest BCUT2D eigenvalue weighted by atomic mass is 10.0. The van der Waals surface area contributed by atoms with Crippen molar-refractivity contribution < 1.29 is 14.3 Å². The first kappa shape index (κ1) is 14.9. The minimum Gasteiger partial charge on any atom is -0.497 e. The minimum absolute atomic E-state index is 0.111. The van der Waals surface area contributed by atoms with Crippen molar-refractivity contribution in [2.45, 2.75) is 44.6 Å². The molecule has 0 aromatic heterocycles. The standard InChI is InChI=1S/C17H22N2O3/c1-22-14-8-4-7-13(11-14)19-16(21)17(9-10-17)15(20)18-12-5-2-3-6-12/h4,7-8,11-12H,2-3,5-6,9-10H2,1H3,(H,18,20)(H,19,21). The Hall–Kier alpha value is -2.04. The smallest absolute Gasteiger partial charge is 0.240 e. The molecule has 0 radical (unpaired) electrons. The number of amides is 2. The first-order valence-electron chi connectivity index (χ1n) is 7.90. The Morgan fingerprint density at radius 2 is 1.91 bits per heavy atom. The maximum Gasteiger partial charge on any atom is 0.240 e. The normalized spacial score (nSPS) is 19.5. The van der Waals surface area contributed by atoms with E-state index in [4.69, 9.17) is 4.74 Å². The van der Waals surface area contributed by atoms with Gasteiger partial charge in [-0.25, -0.2) is 0 Å². The van der Waals surface area contributed by atoms with Crippen LogP contribution in [-0.4, -0.2) is 25.0 Å². The second-order valence-electron chi connectivity index (χ2n) is 6.22. The summed E-state index contributed by atoms with van der Waals surface area (Å²) in [5.74, 6) is 0.356. The van der Waals surface area contributed by atoms with E-state index in [2.05, 4.69) is 10.6 Å². The average Bonchev–Trinajstić information content (AvgIpc) is 3.20. The molecule has 0 spiro atoms. The Balaban J connectivity index is 1.64. The lowest BCUT2D eigenvalue weighted by molar-refractivity contribution is -0.134. The SMILES string of the molecule is COc1cccc(NC(=O)C2(C(=O)NC3CCCC3)CC2)c1. The summed E-state index contributed by atoms with van der Waals surface area (Å²) in [4.78, 5) is 24.9. The molecule has 2 aliphatic carbocycles. The zero-order valence-corrected chi connectivity index (χ0v) is 12.9. The number of anilines is 1. The molecule has 22 heavy (non-hydrogen) atoms. The van der Waals surface area contributed by atoms with Gasteiger partial charge in [0, 0.05) is 17.8 Å². The second kappa shape index (κ2) is 5.99. The molecule has 0 atom stereocenters. The molecule has 3 rings (SSSR count). The summed E-state index contributed by atoms with van der Waals surface area (Å²) in [6, 6.07) is 7.42. The number of hydrogen-bond donors (Lipinski definition) is 2. The van der Waals surface area contributed by atoms with Crippen LogP contribution in [0.15, 0.2) is 24.3 Å². The molecule has 118 valence electrons. The molecular formula is C17H22N2O3. The summed E-state index contributed by atoms with van der Waals surface area (Å²) in [6.07, 6.45) is 5.63. The van der Waals surface area contributed by atoms with Crippen LogP contribution in [0, 0.1) is 5.41 Å². The van der Waals surface area contributed by atoms with Crippen LogP contribution in [0.25, 0.3) is 0 Å². The first-order valence-corrected chi connectivity index (χ1v) is 7.90. The second-order valence-corrected chi connectivity index (χ2v) is 6.22. The highest BCUT2D eigenvalue weighted by Crippen LogP contribution is 2.47. The fraction of sp³-hybridized carbons (Fsp3) is 0.529. The van der Waals surface area contributed by atoms with Crippen LogP contribution in [0.2, 0.25) is 0 Å². The van der Waals surface area contributed by atoms with Gasteiger partial charge < -0.3 is 15.4 Å². The number of methoxy groups -OCH3 is 1. The Morgan fingerprint density at radius 1 is 1.18 bits per heavy atom. The predicted octanol–water partition coefficient (Wildman–Crippen LogP) is 2.47. The number of hydrogen-bond acceptors (Lipinski definition) is 3. The van der Waals surface area contributed by atoms with Gasteiger partial charge >= 0.3 is 0 Å². The van der Waals surface area contributed by atoms with E-state index >= 15 is 0 Å². The molecular weight excluding hydrogens is 280 g/mol. The van der Waals surface area contributed by atoms with E-state index < -0.39 is 5.41 Å². The van der Waals surface area contributed by atoms with Crippen LogP contribution < -0.4 is 15.4 Å². The van der Waals surface area contributed by atoms with E-state index in [9.17, 15) is 9.59 Å². The van der Waals surface area contributed by atoms with Gasteiger partial charge in [0.15, 0.2) is 0 Å². The van der Waals surface area contributed by atoms with Gasteiger partial charge in [0.2, 0.25) is 11.8 Å². The van der Waals surface area contributed by atoms with Gasteiger partial charge in [-0.05, 0) is 37.8 Å². The maximum atomic E-state index is 12.5. The van der Waals surface area contributed by atoms with E-state index in [1.54, 1.807) is 19.2 Å². The Morgan fingerprint density at radius 3 is 2.55 bits per heavy atom. The fourth-order valence-corrected chi connectivity index (χ4v) is 3.03. The van der Waals surface area contributed by atoms with Gasteiger partial charge in [0.25, 0.3) is 0 Å². The average molecular weight is 302 g/mol. The summed E-state index contributed by atoms with van der Waals surface area (Å²) in [5, 5.41) is 5.89. The molecule has 0 aliphatic heterocycles. The third-order valence-corrected chi connectivity index (χ3v) is 4.64. The summed E-state index contributed by atoms with van der Waals surface area (Å²) in [7, 11) is 1.58. The van der Waals surface area contributed by atoms with Gasteiger partial charge in [-0.15, -0.1) is 0 Å². The highest BCUT2D eigenvalue weighted by Gasteiger charge is 2.56. The van der Waals surface area contributed by atoms with E-state index in [0.717, 1.165) is 25.7 Å². The van der Waals surface area contributed by atoms with Gasteiger partial charge in [-0.2, -0.15) is 0 Å². The van der Waals surface area contributed by atoms with Crippen LogP contribution in [0.5, 0.6) is 5.75 Å². The Bertz CT molecular complexity index is 575. The lowest BCUT2D eigenvalue weighted by Gasteiger charge is -2.19. The first-order chi connectivity index (χ1) is 10.6. The molecule has 2 N–H and O–H groups in total. The summed E-state index contributed by atoms with van der Waals surface area (Å²) >= 11 is 0. The van der Waals surface area contributed by atoms with Crippen LogP contribution in [0.3, 0.4) is 0 Å². The number of ether oxygens (including phenoxy) is 1. The fourth-order valence-electron chi connectivity index (χ4n) is 3.03. The molecule has 0 saturated heterocycles. The van der Waals surface area contributed by atoms with E-state index in [1.807, 2.05) is 12.1 Å². The Labute approximate surface area is 130 Å². The topological polar surface area (TPSA) is 67.4 Å². The monoisotopic (exact) mass is 302 g/mol. The van der Waals surface area contributed by atoms with Crippen molar-refractivity contribution in [1.82, 2.24) is 5.32 Å². The van der Waals surface area contributed by atoms with Crippen LogP contribution in [0.1, 0.15) is 38.5 Å². The van der Waals surface area contributed by atoms with Crippen molar-refractivity contribution in [1.29, 1.82) is 0 Å². The molecule has 0 unspecified atom stereocenters. The third kappa shape index (κ3) is 2.93. The molecule has 2 fully saturated rings. The molecule has 0 heterocycles. The van der Waals surface area contributed by atoms with E-state index in [0.29, 0.717) is 24.3 Å². The number of rotatable bonds is 5. The Kier molecular flexibility index (Phi) is 4.05. The number of carbonyl (C=O) groups excluding carboxylic acids is 2. The molecule has 5 nitrogen and oxygen atoms in total. The molecule has 1 aromatic carbocycles. The number of nitrogens with one attached hydrogen (secondary N) is 2. The van der Waals surface area contributed by atoms with E-state index in [-0.39, 0.29) is 17.9 Å². The van der Waals surface area contributed by atoms with Crippen molar-refractivity contribution in [2.75, 3.05) is 12.4 Å². The summed E-state index contributed by atoms with van der Waals surface area (Å²) < 4.78 is 5.14. The van der Waals surface area contributed by atoms with Crippen molar-refractivity contribution in [3.05, 3.63) is 24.3 Å². The zero-order chi connectivity index (χ0) is 15.6. The van der Waals surface area contributed by atoms with Gasteiger partial charge in [0.1, 0.15) is 11.2 Å². The summed E-state index contributed by atoms with van der Waals surface area (Å²) in [5.41, 5.74) is -0.213. The maximum absolute atomic E-state index is 12.5.